The third-order valence-electron chi connectivity index (χ3n) is 4.44. The molecule has 0 aliphatic heterocycles. The molecule has 20 heavy (non-hydrogen) atoms. The van der Waals surface area contributed by atoms with E-state index in [-0.39, 0.29) is 5.82 Å². The van der Waals surface area contributed by atoms with E-state index in [1.807, 2.05) is 0 Å². The number of benzene rings is 1. The average Bonchev–Trinajstić information content (AvgIpc) is 2.73. The van der Waals surface area contributed by atoms with Gasteiger partial charge in [-0.25, -0.2) is 4.39 Å². The van der Waals surface area contributed by atoms with Gasteiger partial charge in [0.2, 0.25) is 0 Å². The molecule has 1 saturated carbocycles. The summed E-state index contributed by atoms with van der Waals surface area (Å²) in [5.74, 6) is -0.279. The van der Waals surface area contributed by atoms with E-state index >= 15 is 0 Å². The lowest BCUT2D eigenvalue weighted by Crippen LogP contribution is -2.32. The first-order chi connectivity index (χ1) is 9.66. The van der Waals surface area contributed by atoms with E-state index in [9.17, 15) is 9.50 Å². The number of aliphatic hydroxyl groups excluding tert-OH is 1. The minimum atomic E-state index is -0.570. The topological polar surface area (TPSA) is 23.5 Å². The zero-order valence-electron chi connectivity index (χ0n) is 12.4. The second kappa shape index (κ2) is 7.75. The Balaban J connectivity index is 1.81. The Morgan fingerprint density at radius 3 is 2.60 bits per heavy atom. The van der Waals surface area contributed by atoms with Gasteiger partial charge in [0.1, 0.15) is 5.82 Å². The van der Waals surface area contributed by atoms with Crippen molar-refractivity contribution in [3.8, 4) is 0 Å². The summed E-state index contributed by atoms with van der Waals surface area (Å²) in [6.45, 7) is 0.863. The van der Waals surface area contributed by atoms with Crippen LogP contribution in [0, 0.1) is 5.82 Å². The van der Waals surface area contributed by atoms with E-state index in [4.69, 9.17) is 0 Å². The predicted octanol–water partition coefficient (Wildman–Crippen LogP) is 3.90. The van der Waals surface area contributed by atoms with E-state index in [1.165, 1.54) is 50.7 Å². The van der Waals surface area contributed by atoms with Gasteiger partial charge in [-0.05, 0) is 44.0 Å². The molecule has 0 saturated heterocycles. The van der Waals surface area contributed by atoms with Crippen LogP contribution < -0.4 is 0 Å². The van der Waals surface area contributed by atoms with Crippen molar-refractivity contribution in [2.45, 2.75) is 57.1 Å². The van der Waals surface area contributed by atoms with Crippen LogP contribution in [0.25, 0.3) is 0 Å². The Morgan fingerprint density at radius 1 is 1.25 bits per heavy atom. The largest absolute Gasteiger partial charge is 0.388 e. The second-order valence-electron chi connectivity index (χ2n) is 5.99. The molecular weight excluding hydrogens is 253 g/mol. The average molecular weight is 279 g/mol. The fraction of sp³-hybridized carbons (Fsp3) is 0.647. The summed E-state index contributed by atoms with van der Waals surface area (Å²) in [5.41, 5.74) is 0.680. The summed E-state index contributed by atoms with van der Waals surface area (Å²) in [4.78, 5) is 2.37. The SMILES string of the molecule is CN(CCC(O)c1cccc(F)c1)C1CCCCCC1. The van der Waals surface area contributed by atoms with Gasteiger partial charge in [-0.3, -0.25) is 0 Å². The molecule has 0 heterocycles. The quantitative estimate of drug-likeness (QED) is 0.826. The fourth-order valence-electron chi connectivity index (χ4n) is 3.09. The molecule has 1 fully saturated rings. The van der Waals surface area contributed by atoms with Crippen LogP contribution in [0.5, 0.6) is 0 Å². The highest BCUT2D eigenvalue weighted by molar-refractivity contribution is 5.18. The van der Waals surface area contributed by atoms with E-state index in [2.05, 4.69) is 11.9 Å². The van der Waals surface area contributed by atoms with E-state index in [0.29, 0.717) is 18.0 Å². The van der Waals surface area contributed by atoms with Crippen LogP contribution >= 0.6 is 0 Å². The molecule has 1 atom stereocenters. The summed E-state index contributed by atoms with van der Waals surface area (Å²) in [6, 6.07) is 6.93. The number of nitrogens with zero attached hydrogens (tertiary/aromatic N) is 1. The molecule has 0 aromatic heterocycles. The van der Waals surface area contributed by atoms with Gasteiger partial charge in [-0.2, -0.15) is 0 Å². The first kappa shape index (κ1) is 15.5. The Kier molecular flexibility index (Phi) is 5.99. The first-order valence-electron chi connectivity index (χ1n) is 7.80. The highest BCUT2D eigenvalue weighted by atomic mass is 19.1. The molecule has 1 N–H and O–H groups in total. The molecule has 3 heteroatoms. The molecule has 1 aromatic carbocycles. The fourth-order valence-corrected chi connectivity index (χ4v) is 3.09. The smallest absolute Gasteiger partial charge is 0.123 e. The van der Waals surface area contributed by atoms with Crippen molar-refractivity contribution in [3.05, 3.63) is 35.6 Å². The summed E-state index contributed by atoms with van der Waals surface area (Å²) in [7, 11) is 2.15. The lowest BCUT2D eigenvalue weighted by Gasteiger charge is -2.28. The predicted molar refractivity (Wildman–Crippen MR) is 80.1 cm³/mol. The van der Waals surface area contributed by atoms with Gasteiger partial charge in [0, 0.05) is 12.6 Å². The first-order valence-corrected chi connectivity index (χ1v) is 7.80. The van der Waals surface area contributed by atoms with E-state index in [1.54, 1.807) is 12.1 Å². The highest BCUT2D eigenvalue weighted by Crippen LogP contribution is 2.23. The summed E-state index contributed by atoms with van der Waals surface area (Å²) in [5, 5.41) is 10.2. The second-order valence-corrected chi connectivity index (χ2v) is 5.99. The van der Waals surface area contributed by atoms with E-state index < -0.39 is 6.10 Å². The van der Waals surface area contributed by atoms with Gasteiger partial charge in [0.05, 0.1) is 6.10 Å². The Labute approximate surface area is 121 Å². The molecule has 0 radical (unpaired) electrons. The summed E-state index contributed by atoms with van der Waals surface area (Å²) < 4.78 is 13.1. The van der Waals surface area contributed by atoms with Crippen LogP contribution in [-0.2, 0) is 0 Å². The van der Waals surface area contributed by atoms with Gasteiger partial charge >= 0.3 is 0 Å². The van der Waals surface area contributed by atoms with Gasteiger partial charge < -0.3 is 10.0 Å². The minimum absolute atomic E-state index is 0.279. The molecular formula is C17H26FNO. The van der Waals surface area contributed by atoms with Gasteiger partial charge in [0.15, 0.2) is 0 Å². The van der Waals surface area contributed by atoms with Gasteiger partial charge in [0.25, 0.3) is 0 Å². The number of halogens is 1. The lowest BCUT2D eigenvalue weighted by atomic mass is 10.0. The number of rotatable bonds is 5. The monoisotopic (exact) mass is 279 g/mol. The minimum Gasteiger partial charge on any atom is -0.388 e. The maximum atomic E-state index is 13.1. The van der Waals surface area contributed by atoms with Gasteiger partial charge in [-0.1, -0.05) is 37.8 Å². The van der Waals surface area contributed by atoms with Crippen molar-refractivity contribution in [3.63, 3.8) is 0 Å². The summed E-state index contributed by atoms with van der Waals surface area (Å²) in [6.07, 6.45) is 7.99. The number of aliphatic hydroxyl groups is 1. The highest BCUT2D eigenvalue weighted by Gasteiger charge is 2.18. The van der Waals surface area contributed by atoms with Crippen LogP contribution in [0.2, 0.25) is 0 Å². The van der Waals surface area contributed by atoms with Crippen LogP contribution in [0.1, 0.15) is 56.6 Å². The third-order valence-corrected chi connectivity index (χ3v) is 4.44. The summed E-state index contributed by atoms with van der Waals surface area (Å²) >= 11 is 0. The normalized spacial score (nSPS) is 19.0. The van der Waals surface area contributed by atoms with Crippen LogP contribution in [0.15, 0.2) is 24.3 Å². The van der Waals surface area contributed by atoms with Crippen LogP contribution in [0.4, 0.5) is 4.39 Å². The Morgan fingerprint density at radius 2 is 1.95 bits per heavy atom. The maximum Gasteiger partial charge on any atom is 0.123 e. The van der Waals surface area contributed by atoms with Crippen molar-refractivity contribution in [1.82, 2.24) is 4.90 Å². The lowest BCUT2D eigenvalue weighted by molar-refractivity contribution is 0.132. The molecule has 112 valence electrons. The molecule has 0 amide bonds. The van der Waals surface area contributed by atoms with Crippen molar-refractivity contribution in [1.29, 1.82) is 0 Å². The number of hydrogen-bond donors (Lipinski definition) is 1. The van der Waals surface area contributed by atoms with Crippen LogP contribution in [-0.4, -0.2) is 29.6 Å². The molecule has 0 bridgehead atoms. The van der Waals surface area contributed by atoms with Crippen molar-refractivity contribution in [2.24, 2.45) is 0 Å². The van der Waals surface area contributed by atoms with Crippen molar-refractivity contribution >= 4 is 0 Å². The van der Waals surface area contributed by atoms with Gasteiger partial charge in [-0.15, -0.1) is 0 Å². The Hall–Kier alpha value is -0.930. The third kappa shape index (κ3) is 4.57. The van der Waals surface area contributed by atoms with E-state index in [0.717, 1.165) is 6.54 Å². The zero-order chi connectivity index (χ0) is 14.4. The van der Waals surface area contributed by atoms with Crippen LogP contribution in [0.3, 0.4) is 0 Å². The molecule has 2 rings (SSSR count). The molecule has 1 aromatic rings. The molecule has 1 aliphatic carbocycles. The molecule has 0 spiro atoms. The maximum absolute atomic E-state index is 13.1. The zero-order valence-corrected chi connectivity index (χ0v) is 12.4. The Bertz CT molecular complexity index is 402. The number of hydrogen-bond acceptors (Lipinski definition) is 2. The van der Waals surface area contributed by atoms with Crippen molar-refractivity contribution in [2.75, 3.05) is 13.6 Å². The standard InChI is InChI=1S/C17H26FNO/c1-19(16-9-4-2-3-5-10-16)12-11-17(20)14-7-6-8-15(18)13-14/h6-8,13,16-17,20H,2-5,9-12H2,1H3. The molecule has 1 aliphatic rings. The molecule has 2 nitrogen and oxygen atoms in total. The van der Waals surface area contributed by atoms with Crippen molar-refractivity contribution < 1.29 is 9.50 Å². The molecule has 1 unspecified atom stereocenters.